The Labute approximate surface area is 125 Å². The fraction of sp³-hybridized carbons (Fsp3) is 0.500. The molecular weight excluding hydrogens is 266 g/mol. The van der Waals surface area contributed by atoms with Gasteiger partial charge in [0.1, 0.15) is 6.04 Å². The summed E-state index contributed by atoms with van der Waals surface area (Å²) in [7, 11) is 0. The summed E-state index contributed by atoms with van der Waals surface area (Å²) in [6.45, 7) is 6.00. The minimum absolute atomic E-state index is 0.240. The zero-order valence-corrected chi connectivity index (χ0v) is 12.8. The van der Waals surface area contributed by atoms with Crippen LogP contribution in [0.3, 0.4) is 0 Å². The molecule has 1 aromatic carbocycles. The van der Waals surface area contributed by atoms with Crippen LogP contribution < -0.4 is 16.0 Å². The molecule has 0 aromatic heterocycles. The molecule has 0 radical (unpaired) electrons. The third-order valence-electron chi connectivity index (χ3n) is 3.50. The molecule has 1 aliphatic rings. The van der Waals surface area contributed by atoms with Gasteiger partial charge >= 0.3 is 6.03 Å². The first-order valence-corrected chi connectivity index (χ1v) is 7.43. The number of anilines is 1. The van der Waals surface area contributed by atoms with Crippen molar-refractivity contribution in [3.8, 4) is 0 Å². The highest BCUT2D eigenvalue weighted by Crippen LogP contribution is 2.18. The first kappa shape index (κ1) is 15.4. The zero-order valence-electron chi connectivity index (χ0n) is 12.8. The molecule has 2 rings (SSSR count). The lowest BCUT2D eigenvalue weighted by Gasteiger charge is -2.15. The van der Waals surface area contributed by atoms with Gasteiger partial charge in [-0.3, -0.25) is 10.1 Å². The van der Waals surface area contributed by atoms with Crippen LogP contribution in [0.1, 0.15) is 45.1 Å². The van der Waals surface area contributed by atoms with Gasteiger partial charge in [0, 0.05) is 11.7 Å². The van der Waals surface area contributed by atoms with Crippen LogP contribution >= 0.6 is 0 Å². The maximum Gasteiger partial charge on any atom is 0.321 e. The first-order chi connectivity index (χ1) is 9.95. The lowest BCUT2D eigenvalue weighted by molar-refractivity contribution is -0.120. The summed E-state index contributed by atoms with van der Waals surface area (Å²) < 4.78 is 0. The number of imide groups is 1. The number of nitrogens with one attached hydrogen (secondary N) is 3. The van der Waals surface area contributed by atoms with Crippen molar-refractivity contribution in [3.63, 3.8) is 0 Å². The van der Waals surface area contributed by atoms with Crippen LogP contribution in [-0.4, -0.2) is 24.0 Å². The van der Waals surface area contributed by atoms with Crippen LogP contribution in [0.5, 0.6) is 0 Å². The van der Waals surface area contributed by atoms with Gasteiger partial charge in [0.05, 0.1) is 0 Å². The van der Waals surface area contributed by atoms with E-state index in [-0.39, 0.29) is 11.9 Å². The predicted molar refractivity (Wildman–Crippen MR) is 83.3 cm³/mol. The van der Waals surface area contributed by atoms with E-state index in [0.717, 1.165) is 18.5 Å². The molecule has 1 aromatic rings. The van der Waals surface area contributed by atoms with Crippen molar-refractivity contribution in [2.24, 2.45) is 0 Å². The molecule has 3 N–H and O–H groups in total. The number of benzene rings is 1. The van der Waals surface area contributed by atoms with E-state index in [0.29, 0.717) is 5.92 Å². The van der Waals surface area contributed by atoms with E-state index in [2.05, 4.69) is 29.8 Å². The highest BCUT2D eigenvalue weighted by atomic mass is 16.2. The number of carbonyl (C=O) groups is 2. The van der Waals surface area contributed by atoms with Gasteiger partial charge in [-0.05, 0) is 43.4 Å². The zero-order chi connectivity index (χ0) is 15.4. The SMILES string of the molecule is CC(C)c1ccc(N[C@@H](C)C(=O)NC(=O)NC2CC2)cc1. The third-order valence-corrected chi connectivity index (χ3v) is 3.50. The van der Waals surface area contributed by atoms with Crippen LogP contribution in [0.25, 0.3) is 0 Å². The Morgan fingerprint density at radius 1 is 1.10 bits per heavy atom. The summed E-state index contributed by atoms with van der Waals surface area (Å²) in [5.41, 5.74) is 2.12. The summed E-state index contributed by atoms with van der Waals surface area (Å²) in [5.74, 6) is 0.145. The number of amides is 3. The van der Waals surface area contributed by atoms with Crippen molar-refractivity contribution < 1.29 is 9.59 Å². The van der Waals surface area contributed by atoms with E-state index in [1.807, 2.05) is 24.3 Å². The van der Waals surface area contributed by atoms with Crippen molar-refractivity contribution in [1.29, 1.82) is 0 Å². The summed E-state index contributed by atoms with van der Waals surface area (Å²) in [6, 6.07) is 7.33. The molecule has 0 spiro atoms. The molecule has 21 heavy (non-hydrogen) atoms. The van der Waals surface area contributed by atoms with E-state index < -0.39 is 12.1 Å². The van der Waals surface area contributed by atoms with E-state index in [4.69, 9.17) is 0 Å². The molecule has 0 heterocycles. The summed E-state index contributed by atoms with van der Waals surface area (Å²) in [4.78, 5) is 23.4. The summed E-state index contributed by atoms with van der Waals surface area (Å²) in [5, 5.41) is 8.16. The molecule has 1 atom stereocenters. The number of rotatable bonds is 5. The maximum atomic E-state index is 11.9. The summed E-state index contributed by atoms with van der Waals surface area (Å²) in [6.07, 6.45) is 2.00. The standard InChI is InChI=1S/C16H23N3O2/c1-10(2)12-4-6-13(7-5-12)17-11(3)15(20)19-16(21)18-14-8-9-14/h4-7,10-11,14,17H,8-9H2,1-3H3,(H2,18,19,20,21)/t11-/m0/s1. The van der Waals surface area contributed by atoms with Crippen molar-refractivity contribution in [3.05, 3.63) is 29.8 Å². The van der Waals surface area contributed by atoms with Crippen molar-refractivity contribution in [2.45, 2.75) is 51.6 Å². The van der Waals surface area contributed by atoms with E-state index in [9.17, 15) is 9.59 Å². The molecule has 1 aliphatic carbocycles. The lowest BCUT2D eigenvalue weighted by atomic mass is 10.0. The van der Waals surface area contributed by atoms with E-state index in [1.54, 1.807) is 6.92 Å². The van der Waals surface area contributed by atoms with Crippen LogP contribution in [0.2, 0.25) is 0 Å². The number of carbonyl (C=O) groups excluding carboxylic acids is 2. The Morgan fingerprint density at radius 3 is 2.24 bits per heavy atom. The van der Waals surface area contributed by atoms with Gasteiger partial charge in [-0.1, -0.05) is 26.0 Å². The Bertz CT molecular complexity index is 507. The second kappa shape index (κ2) is 6.61. The molecule has 0 saturated heterocycles. The maximum absolute atomic E-state index is 11.9. The minimum Gasteiger partial charge on any atom is -0.374 e. The number of hydrogen-bond donors (Lipinski definition) is 3. The quantitative estimate of drug-likeness (QED) is 0.780. The molecule has 114 valence electrons. The van der Waals surface area contributed by atoms with Gasteiger partial charge in [-0.2, -0.15) is 0 Å². The second-order valence-electron chi connectivity index (χ2n) is 5.88. The molecular formula is C16H23N3O2. The molecule has 0 bridgehead atoms. The fourth-order valence-corrected chi connectivity index (χ4v) is 1.95. The van der Waals surface area contributed by atoms with Crippen molar-refractivity contribution in [2.75, 3.05) is 5.32 Å². The van der Waals surface area contributed by atoms with Crippen molar-refractivity contribution in [1.82, 2.24) is 10.6 Å². The number of urea groups is 1. The lowest BCUT2D eigenvalue weighted by Crippen LogP contribution is -2.46. The molecule has 3 amide bonds. The van der Waals surface area contributed by atoms with Gasteiger partial charge < -0.3 is 10.6 Å². The topological polar surface area (TPSA) is 70.2 Å². The average molecular weight is 289 g/mol. The van der Waals surface area contributed by atoms with Gasteiger partial charge in [0.15, 0.2) is 0 Å². The minimum atomic E-state index is -0.472. The molecule has 1 saturated carbocycles. The second-order valence-corrected chi connectivity index (χ2v) is 5.88. The average Bonchev–Trinajstić information content (AvgIpc) is 3.22. The van der Waals surface area contributed by atoms with E-state index >= 15 is 0 Å². The smallest absolute Gasteiger partial charge is 0.321 e. The van der Waals surface area contributed by atoms with Crippen LogP contribution in [0.4, 0.5) is 10.5 Å². The molecule has 0 aliphatic heterocycles. The monoisotopic (exact) mass is 289 g/mol. The van der Waals surface area contributed by atoms with Crippen LogP contribution in [0.15, 0.2) is 24.3 Å². The first-order valence-electron chi connectivity index (χ1n) is 7.43. The molecule has 1 fully saturated rings. The highest BCUT2D eigenvalue weighted by Gasteiger charge is 2.24. The predicted octanol–water partition coefficient (Wildman–Crippen LogP) is 2.60. The Hall–Kier alpha value is -2.04. The Morgan fingerprint density at radius 2 is 1.71 bits per heavy atom. The normalized spacial score (nSPS) is 15.4. The summed E-state index contributed by atoms with van der Waals surface area (Å²) >= 11 is 0. The van der Waals surface area contributed by atoms with Crippen LogP contribution in [-0.2, 0) is 4.79 Å². The van der Waals surface area contributed by atoms with Gasteiger partial charge in [-0.15, -0.1) is 0 Å². The van der Waals surface area contributed by atoms with Crippen LogP contribution in [0, 0.1) is 0 Å². The van der Waals surface area contributed by atoms with E-state index in [1.165, 1.54) is 5.56 Å². The molecule has 5 heteroatoms. The Kier molecular flexibility index (Phi) is 4.83. The van der Waals surface area contributed by atoms with Gasteiger partial charge in [0.25, 0.3) is 0 Å². The van der Waals surface area contributed by atoms with Gasteiger partial charge in [0.2, 0.25) is 5.91 Å². The highest BCUT2D eigenvalue weighted by molar-refractivity contribution is 5.98. The molecule has 5 nitrogen and oxygen atoms in total. The largest absolute Gasteiger partial charge is 0.374 e. The fourth-order valence-electron chi connectivity index (χ4n) is 1.95. The number of hydrogen-bond acceptors (Lipinski definition) is 3. The molecule has 0 unspecified atom stereocenters. The third kappa shape index (κ3) is 4.77. The van der Waals surface area contributed by atoms with Gasteiger partial charge in [-0.25, -0.2) is 4.79 Å². The van der Waals surface area contributed by atoms with Crippen molar-refractivity contribution >= 4 is 17.6 Å². The Balaban J connectivity index is 1.83.